The SMILES string of the molecule is COC1CN(CC2CC(C)(C)CCC2=O)CCC1C. The third-order valence-electron chi connectivity index (χ3n) is 5.06. The highest BCUT2D eigenvalue weighted by Crippen LogP contribution is 2.37. The topological polar surface area (TPSA) is 29.5 Å². The summed E-state index contributed by atoms with van der Waals surface area (Å²) < 4.78 is 5.56. The number of hydrogen-bond donors (Lipinski definition) is 0. The number of methoxy groups -OCH3 is 1. The van der Waals surface area contributed by atoms with Gasteiger partial charge in [-0.3, -0.25) is 4.79 Å². The molecular formula is C16H29NO2. The molecule has 1 aliphatic heterocycles. The minimum absolute atomic E-state index is 0.245. The van der Waals surface area contributed by atoms with Gasteiger partial charge in [0, 0.05) is 32.5 Å². The zero-order valence-corrected chi connectivity index (χ0v) is 12.9. The summed E-state index contributed by atoms with van der Waals surface area (Å²) in [4.78, 5) is 14.6. The number of ether oxygens (including phenoxy) is 1. The Hall–Kier alpha value is -0.410. The molecule has 3 nitrogen and oxygen atoms in total. The molecule has 3 heteroatoms. The van der Waals surface area contributed by atoms with Crippen LogP contribution in [0.15, 0.2) is 0 Å². The Balaban J connectivity index is 1.91. The highest BCUT2D eigenvalue weighted by molar-refractivity contribution is 5.82. The number of likely N-dealkylation sites (tertiary alicyclic amines) is 1. The van der Waals surface area contributed by atoms with Gasteiger partial charge in [-0.05, 0) is 37.1 Å². The molecule has 1 heterocycles. The van der Waals surface area contributed by atoms with Gasteiger partial charge >= 0.3 is 0 Å². The maximum Gasteiger partial charge on any atom is 0.137 e. The molecule has 1 aliphatic carbocycles. The summed E-state index contributed by atoms with van der Waals surface area (Å²) in [6.45, 7) is 9.90. The van der Waals surface area contributed by atoms with Crippen molar-refractivity contribution < 1.29 is 9.53 Å². The Kier molecular flexibility index (Phi) is 4.67. The fourth-order valence-electron chi connectivity index (χ4n) is 3.60. The molecule has 19 heavy (non-hydrogen) atoms. The van der Waals surface area contributed by atoms with Crippen LogP contribution in [0.5, 0.6) is 0 Å². The summed E-state index contributed by atoms with van der Waals surface area (Å²) in [5, 5.41) is 0. The van der Waals surface area contributed by atoms with Gasteiger partial charge in [0.2, 0.25) is 0 Å². The number of rotatable bonds is 3. The predicted octanol–water partition coefficient (Wildman–Crippen LogP) is 2.74. The van der Waals surface area contributed by atoms with Gasteiger partial charge in [0.25, 0.3) is 0 Å². The highest BCUT2D eigenvalue weighted by Gasteiger charge is 2.36. The monoisotopic (exact) mass is 267 g/mol. The van der Waals surface area contributed by atoms with E-state index in [4.69, 9.17) is 4.74 Å². The third kappa shape index (κ3) is 3.79. The molecule has 2 fully saturated rings. The second kappa shape index (κ2) is 5.92. The number of piperidine rings is 1. The first kappa shape index (κ1) is 15.0. The van der Waals surface area contributed by atoms with Crippen molar-refractivity contribution in [1.29, 1.82) is 0 Å². The van der Waals surface area contributed by atoms with Gasteiger partial charge in [-0.2, -0.15) is 0 Å². The van der Waals surface area contributed by atoms with Crippen LogP contribution >= 0.6 is 0 Å². The quantitative estimate of drug-likeness (QED) is 0.787. The van der Waals surface area contributed by atoms with Crippen molar-refractivity contribution in [1.82, 2.24) is 4.90 Å². The Morgan fingerprint density at radius 2 is 2.16 bits per heavy atom. The first-order chi connectivity index (χ1) is 8.91. The normalized spacial score (nSPS) is 36.4. The summed E-state index contributed by atoms with van der Waals surface area (Å²) >= 11 is 0. The van der Waals surface area contributed by atoms with E-state index in [-0.39, 0.29) is 5.92 Å². The van der Waals surface area contributed by atoms with Crippen LogP contribution in [-0.4, -0.2) is 43.5 Å². The molecule has 2 aliphatic rings. The van der Waals surface area contributed by atoms with E-state index in [2.05, 4.69) is 25.7 Å². The number of ketones is 1. The van der Waals surface area contributed by atoms with Gasteiger partial charge in [0.05, 0.1) is 6.10 Å². The van der Waals surface area contributed by atoms with E-state index < -0.39 is 0 Å². The van der Waals surface area contributed by atoms with Crippen LogP contribution in [-0.2, 0) is 9.53 Å². The molecule has 0 radical (unpaired) electrons. The Morgan fingerprint density at radius 3 is 2.84 bits per heavy atom. The lowest BCUT2D eigenvalue weighted by atomic mass is 9.71. The molecule has 0 bridgehead atoms. The summed E-state index contributed by atoms with van der Waals surface area (Å²) in [6, 6.07) is 0. The average molecular weight is 267 g/mol. The first-order valence-corrected chi connectivity index (χ1v) is 7.69. The van der Waals surface area contributed by atoms with Crippen LogP contribution in [0.25, 0.3) is 0 Å². The van der Waals surface area contributed by atoms with E-state index in [1.54, 1.807) is 7.11 Å². The van der Waals surface area contributed by atoms with Crippen molar-refractivity contribution in [3.63, 3.8) is 0 Å². The van der Waals surface area contributed by atoms with Gasteiger partial charge in [0.1, 0.15) is 5.78 Å². The highest BCUT2D eigenvalue weighted by atomic mass is 16.5. The number of carbonyl (C=O) groups is 1. The Bertz CT molecular complexity index is 327. The van der Waals surface area contributed by atoms with E-state index in [9.17, 15) is 4.79 Å². The number of nitrogens with zero attached hydrogens (tertiary/aromatic N) is 1. The van der Waals surface area contributed by atoms with Gasteiger partial charge in [-0.15, -0.1) is 0 Å². The lowest BCUT2D eigenvalue weighted by Gasteiger charge is -2.40. The Labute approximate surface area is 117 Å². The standard InChI is InChI=1S/C16H29NO2/c1-12-6-8-17(11-15(12)19-4)10-13-9-16(2,3)7-5-14(13)18/h12-13,15H,5-11H2,1-4H3. The average Bonchev–Trinajstić information content (AvgIpc) is 2.36. The summed E-state index contributed by atoms with van der Waals surface area (Å²) in [7, 11) is 1.81. The van der Waals surface area contributed by atoms with Crippen molar-refractivity contribution >= 4 is 5.78 Å². The zero-order valence-electron chi connectivity index (χ0n) is 12.9. The molecular weight excluding hydrogens is 238 g/mol. The van der Waals surface area contributed by atoms with Crippen molar-refractivity contribution in [3.05, 3.63) is 0 Å². The number of carbonyl (C=O) groups excluding carboxylic acids is 1. The molecule has 1 saturated carbocycles. The van der Waals surface area contributed by atoms with Crippen molar-refractivity contribution in [2.45, 2.75) is 52.6 Å². The van der Waals surface area contributed by atoms with E-state index >= 15 is 0 Å². The minimum atomic E-state index is 0.245. The molecule has 3 atom stereocenters. The van der Waals surface area contributed by atoms with Crippen molar-refractivity contribution in [3.8, 4) is 0 Å². The maximum absolute atomic E-state index is 12.1. The number of Topliss-reactive ketones (excluding diaryl/α,β-unsaturated/α-hetero) is 1. The molecule has 110 valence electrons. The lowest BCUT2D eigenvalue weighted by Crippen LogP contribution is -2.47. The van der Waals surface area contributed by atoms with Crippen LogP contribution < -0.4 is 0 Å². The zero-order chi connectivity index (χ0) is 14.0. The van der Waals surface area contributed by atoms with Crippen LogP contribution in [0.3, 0.4) is 0 Å². The predicted molar refractivity (Wildman–Crippen MR) is 77.1 cm³/mol. The second-order valence-electron chi connectivity index (χ2n) is 7.33. The van der Waals surface area contributed by atoms with Crippen LogP contribution in [0.2, 0.25) is 0 Å². The van der Waals surface area contributed by atoms with Crippen LogP contribution in [0.4, 0.5) is 0 Å². The molecule has 2 rings (SSSR count). The summed E-state index contributed by atoms with van der Waals surface area (Å²) in [5.74, 6) is 1.36. The van der Waals surface area contributed by atoms with Crippen molar-refractivity contribution in [2.24, 2.45) is 17.3 Å². The Morgan fingerprint density at radius 1 is 1.42 bits per heavy atom. The van der Waals surface area contributed by atoms with Gasteiger partial charge in [0.15, 0.2) is 0 Å². The van der Waals surface area contributed by atoms with Crippen LogP contribution in [0.1, 0.15) is 46.5 Å². The first-order valence-electron chi connectivity index (χ1n) is 7.69. The second-order valence-corrected chi connectivity index (χ2v) is 7.33. The van der Waals surface area contributed by atoms with E-state index in [1.807, 2.05) is 0 Å². The number of hydrogen-bond acceptors (Lipinski definition) is 3. The van der Waals surface area contributed by atoms with Gasteiger partial charge in [-0.25, -0.2) is 0 Å². The molecule has 1 saturated heterocycles. The molecule has 0 amide bonds. The maximum atomic E-state index is 12.1. The molecule has 0 spiro atoms. The summed E-state index contributed by atoms with van der Waals surface area (Å²) in [6.07, 6.45) is 4.40. The van der Waals surface area contributed by atoms with Crippen molar-refractivity contribution in [2.75, 3.05) is 26.7 Å². The van der Waals surface area contributed by atoms with Gasteiger partial charge in [-0.1, -0.05) is 20.8 Å². The molecule has 0 aromatic heterocycles. The fraction of sp³-hybridized carbons (Fsp3) is 0.938. The van der Waals surface area contributed by atoms with E-state index in [0.29, 0.717) is 23.2 Å². The molecule has 0 N–H and O–H groups in total. The summed E-state index contributed by atoms with van der Waals surface area (Å²) in [5.41, 5.74) is 0.336. The molecule has 0 aromatic rings. The van der Waals surface area contributed by atoms with E-state index in [0.717, 1.165) is 38.9 Å². The smallest absolute Gasteiger partial charge is 0.137 e. The minimum Gasteiger partial charge on any atom is -0.380 e. The van der Waals surface area contributed by atoms with Crippen LogP contribution in [0, 0.1) is 17.3 Å². The lowest BCUT2D eigenvalue weighted by molar-refractivity contribution is -0.128. The van der Waals surface area contributed by atoms with E-state index in [1.165, 1.54) is 6.42 Å². The van der Waals surface area contributed by atoms with Gasteiger partial charge < -0.3 is 9.64 Å². The molecule has 3 unspecified atom stereocenters. The largest absolute Gasteiger partial charge is 0.380 e. The molecule has 0 aromatic carbocycles. The fourth-order valence-corrected chi connectivity index (χ4v) is 3.60. The third-order valence-corrected chi connectivity index (χ3v) is 5.06.